The zero-order valence-corrected chi connectivity index (χ0v) is 9.70. The highest BCUT2D eigenvalue weighted by Gasteiger charge is 2.29. The molecule has 8 heteroatoms. The number of thioether (sulfide) groups is 1. The minimum Gasteiger partial charge on any atom is -0.480 e. The molecule has 0 saturated carbocycles. The molecule has 1 rings (SSSR count). The van der Waals surface area contributed by atoms with E-state index >= 15 is 0 Å². The van der Waals surface area contributed by atoms with Crippen LogP contribution in [0, 0.1) is 0 Å². The van der Waals surface area contributed by atoms with E-state index in [2.05, 4.69) is 0 Å². The van der Waals surface area contributed by atoms with Crippen LogP contribution >= 0.6 is 11.8 Å². The van der Waals surface area contributed by atoms with Gasteiger partial charge in [-0.15, -0.1) is 0 Å². The molecule has 2 atom stereocenters. The zero-order chi connectivity index (χ0) is 13.9. The summed E-state index contributed by atoms with van der Waals surface area (Å²) in [4.78, 5) is 10.5. The van der Waals surface area contributed by atoms with Gasteiger partial charge >= 0.3 is 11.5 Å². The van der Waals surface area contributed by atoms with Gasteiger partial charge in [0.25, 0.3) is 0 Å². The number of nitrogens with two attached hydrogens (primary N) is 1. The van der Waals surface area contributed by atoms with Crippen LogP contribution in [-0.4, -0.2) is 27.7 Å². The molecule has 2 unspecified atom stereocenters. The molecule has 0 bridgehead atoms. The summed E-state index contributed by atoms with van der Waals surface area (Å²) in [6, 6.07) is 3.19. The molecule has 0 aromatic heterocycles. The number of halogens is 3. The molecule has 0 aliphatic carbocycles. The lowest BCUT2D eigenvalue weighted by molar-refractivity contribution is -0.141. The molecule has 0 aliphatic rings. The Bertz CT molecular complexity index is 421. The van der Waals surface area contributed by atoms with Gasteiger partial charge in [-0.05, 0) is 29.5 Å². The second kappa shape index (κ2) is 5.59. The Kier molecular flexibility index (Phi) is 4.60. The SMILES string of the molecule is NC(C(=O)O)C(O)c1ccc(SC(F)(F)F)cc1. The summed E-state index contributed by atoms with van der Waals surface area (Å²) in [5, 5.41) is 18.1. The van der Waals surface area contributed by atoms with Gasteiger partial charge in [-0.25, -0.2) is 0 Å². The molecule has 4 nitrogen and oxygen atoms in total. The molecule has 4 N–H and O–H groups in total. The van der Waals surface area contributed by atoms with Crippen molar-refractivity contribution in [3.63, 3.8) is 0 Å². The molecule has 0 heterocycles. The van der Waals surface area contributed by atoms with Gasteiger partial charge in [-0.3, -0.25) is 4.79 Å². The molecule has 0 radical (unpaired) electrons. The van der Waals surface area contributed by atoms with Crippen LogP contribution < -0.4 is 5.73 Å². The molecule has 0 aliphatic heterocycles. The lowest BCUT2D eigenvalue weighted by Gasteiger charge is -2.15. The highest BCUT2D eigenvalue weighted by atomic mass is 32.2. The number of aliphatic hydroxyl groups excluding tert-OH is 1. The molecule has 1 aromatic rings. The molecule has 0 saturated heterocycles. The minimum absolute atomic E-state index is 0.0534. The average molecular weight is 281 g/mol. The van der Waals surface area contributed by atoms with Crippen molar-refractivity contribution in [3.8, 4) is 0 Å². The van der Waals surface area contributed by atoms with Crippen LogP contribution in [-0.2, 0) is 4.79 Å². The van der Waals surface area contributed by atoms with Crippen molar-refractivity contribution in [1.29, 1.82) is 0 Å². The van der Waals surface area contributed by atoms with E-state index in [4.69, 9.17) is 10.8 Å². The number of carboxylic acids is 1. The van der Waals surface area contributed by atoms with Crippen molar-refractivity contribution in [1.82, 2.24) is 0 Å². The summed E-state index contributed by atoms with van der Waals surface area (Å²) in [6.07, 6.45) is -1.47. The molecule has 0 spiro atoms. The van der Waals surface area contributed by atoms with Gasteiger partial charge in [0.15, 0.2) is 0 Å². The van der Waals surface area contributed by atoms with Crippen LogP contribution in [0.2, 0.25) is 0 Å². The monoisotopic (exact) mass is 281 g/mol. The first kappa shape index (κ1) is 14.8. The summed E-state index contributed by atoms with van der Waals surface area (Å²) in [6.45, 7) is 0. The normalized spacial score (nSPS) is 15.2. The van der Waals surface area contributed by atoms with Gasteiger partial charge < -0.3 is 15.9 Å². The second-order valence-electron chi connectivity index (χ2n) is 3.43. The molecular formula is C10H10F3NO3S. The van der Waals surface area contributed by atoms with Crippen molar-refractivity contribution in [3.05, 3.63) is 29.8 Å². The Hall–Kier alpha value is -1.25. The summed E-state index contributed by atoms with van der Waals surface area (Å²) in [7, 11) is 0. The maximum atomic E-state index is 12.1. The van der Waals surface area contributed by atoms with Crippen LogP contribution in [0.1, 0.15) is 11.7 Å². The van der Waals surface area contributed by atoms with Gasteiger partial charge in [-0.2, -0.15) is 13.2 Å². The van der Waals surface area contributed by atoms with Gasteiger partial charge in [0.2, 0.25) is 0 Å². The molecular weight excluding hydrogens is 271 g/mol. The maximum absolute atomic E-state index is 12.1. The van der Waals surface area contributed by atoms with Gasteiger partial charge in [0, 0.05) is 4.90 Å². The first-order chi connectivity index (χ1) is 8.20. The summed E-state index contributed by atoms with van der Waals surface area (Å²) < 4.78 is 36.2. The number of hydrogen-bond donors (Lipinski definition) is 3. The zero-order valence-electron chi connectivity index (χ0n) is 8.89. The number of aliphatic carboxylic acids is 1. The van der Waals surface area contributed by atoms with Gasteiger partial charge in [0.1, 0.15) is 12.1 Å². The number of aliphatic hydroxyl groups is 1. The second-order valence-corrected chi connectivity index (χ2v) is 4.56. The van der Waals surface area contributed by atoms with Crippen molar-refractivity contribution >= 4 is 17.7 Å². The molecule has 1 aromatic carbocycles. The average Bonchev–Trinajstić information content (AvgIpc) is 2.26. The third-order valence-electron chi connectivity index (χ3n) is 2.08. The van der Waals surface area contributed by atoms with E-state index in [9.17, 15) is 23.1 Å². The third-order valence-corrected chi connectivity index (χ3v) is 2.82. The first-order valence-corrected chi connectivity index (χ1v) is 5.54. The third kappa shape index (κ3) is 4.21. The maximum Gasteiger partial charge on any atom is 0.446 e. The van der Waals surface area contributed by atoms with Crippen LogP contribution in [0.5, 0.6) is 0 Å². The Morgan fingerprint density at radius 3 is 2.17 bits per heavy atom. The van der Waals surface area contributed by atoms with E-state index in [1.807, 2.05) is 0 Å². The predicted octanol–water partition coefficient (Wildman–Crippen LogP) is 1.74. The van der Waals surface area contributed by atoms with Gasteiger partial charge in [-0.1, -0.05) is 12.1 Å². The lowest BCUT2D eigenvalue weighted by Crippen LogP contribution is -2.36. The van der Waals surface area contributed by atoms with Crippen LogP contribution in [0.4, 0.5) is 13.2 Å². The number of alkyl halides is 3. The minimum atomic E-state index is -4.39. The van der Waals surface area contributed by atoms with Crippen LogP contribution in [0.15, 0.2) is 29.2 Å². The van der Waals surface area contributed by atoms with E-state index in [1.54, 1.807) is 0 Å². The number of benzene rings is 1. The topological polar surface area (TPSA) is 83.6 Å². The van der Waals surface area contributed by atoms with Gasteiger partial charge in [0.05, 0.1) is 0 Å². The molecule has 18 heavy (non-hydrogen) atoms. The van der Waals surface area contributed by atoms with E-state index in [0.717, 1.165) is 12.1 Å². The number of rotatable bonds is 4. The molecule has 0 fully saturated rings. The van der Waals surface area contributed by atoms with E-state index < -0.39 is 23.6 Å². The lowest BCUT2D eigenvalue weighted by atomic mass is 10.0. The highest BCUT2D eigenvalue weighted by molar-refractivity contribution is 8.00. The Balaban J connectivity index is 2.80. The van der Waals surface area contributed by atoms with Crippen LogP contribution in [0.3, 0.4) is 0 Å². The molecule has 0 amide bonds. The fourth-order valence-corrected chi connectivity index (χ4v) is 1.75. The predicted molar refractivity (Wildman–Crippen MR) is 58.9 cm³/mol. The standard InChI is InChI=1S/C10H10F3NO3S/c11-10(12,13)18-6-3-1-5(2-4-6)8(15)7(14)9(16)17/h1-4,7-8,15H,14H2,(H,16,17). The summed E-state index contributed by atoms with van der Waals surface area (Å²) in [5.41, 5.74) is 0.955. The largest absolute Gasteiger partial charge is 0.480 e. The van der Waals surface area contributed by atoms with Crippen molar-refractivity contribution in [2.24, 2.45) is 5.73 Å². The quantitative estimate of drug-likeness (QED) is 0.732. The number of hydrogen-bond acceptors (Lipinski definition) is 4. The first-order valence-electron chi connectivity index (χ1n) is 4.73. The van der Waals surface area contributed by atoms with E-state index in [1.165, 1.54) is 12.1 Å². The van der Waals surface area contributed by atoms with Crippen molar-refractivity contribution < 1.29 is 28.2 Å². The summed E-state index contributed by atoms with van der Waals surface area (Å²) in [5.74, 6) is -1.39. The Labute approximate surface area is 105 Å². The van der Waals surface area contributed by atoms with E-state index in [0.29, 0.717) is 0 Å². The van der Waals surface area contributed by atoms with Crippen molar-refractivity contribution in [2.75, 3.05) is 0 Å². The fraction of sp³-hybridized carbons (Fsp3) is 0.300. The summed E-state index contributed by atoms with van der Waals surface area (Å²) >= 11 is -0.293. The van der Waals surface area contributed by atoms with Crippen LogP contribution in [0.25, 0.3) is 0 Å². The molecule has 100 valence electrons. The van der Waals surface area contributed by atoms with Crippen molar-refractivity contribution in [2.45, 2.75) is 22.5 Å². The fourth-order valence-electron chi connectivity index (χ4n) is 1.21. The smallest absolute Gasteiger partial charge is 0.446 e. The highest BCUT2D eigenvalue weighted by Crippen LogP contribution is 2.37. The Morgan fingerprint density at radius 2 is 1.78 bits per heavy atom. The van der Waals surface area contributed by atoms with E-state index in [-0.39, 0.29) is 22.2 Å². The number of carboxylic acid groups (broad SMARTS) is 1. The Morgan fingerprint density at radius 1 is 1.28 bits per heavy atom. The number of carbonyl (C=O) groups is 1.